The van der Waals surface area contributed by atoms with Crippen molar-refractivity contribution in [2.45, 2.75) is 34.6 Å². The van der Waals surface area contributed by atoms with E-state index in [9.17, 15) is 9.59 Å². The zero-order valence-corrected chi connectivity index (χ0v) is 12.1. The molecule has 0 radical (unpaired) electrons. The number of rotatable bonds is 4. The maximum absolute atomic E-state index is 12.2. The summed E-state index contributed by atoms with van der Waals surface area (Å²) in [6, 6.07) is 0. The SMILES string of the molecule is CC(C)[C@H](C(=O)N(C)C)C(C(N)=O)C(C)(C)C. The number of carbonyl (C=O) groups excluding carboxylic acids is 2. The number of nitrogens with zero attached hydrogens (tertiary/aromatic N) is 1. The molecular formula is C13H26N2O2. The van der Waals surface area contributed by atoms with Crippen molar-refractivity contribution in [3.63, 3.8) is 0 Å². The van der Waals surface area contributed by atoms with Gasteiger partial charge in [0.2, 0.25) is 11.8 Å². The molecule has 17 heavy (non-hydrogen) atoms. The maximum Gasteiger partial charge on any atom is 0.226 e. The molecule has 2 amide bonds. The monoisotopic (exact) mass is 242 g/mol. The van der Waals surface area contributed by atoms with Crippen LogP contribution in [0.2, 0.25) is 0 Å². The summed E-state index contributed by atoms with van der Waals surface area (Å²) in [6.45, 7) is 9.74. The Balaban J connectivity index is 5.42. The lowest BCUT2D eigenvalue weighted by Crippen LogP contribution is -2.47. The molecule has 0 fully saturated rings. The lowest BCUT2D eigenvalue weighted by atomic mass is 9.68. The molecular weight excluding hydrogens is 216 g/mol. The fraction of sp³-hybridized carbons (Fsp3) is 0.846. The van der Waals surface area contributed by atoms with Gasteiger partial charge in [0.25, 0.3) is 0 Å². The van der Waals surface area contributed by atoms with E-state index in [2.05, 4.69) is 0 Å². The van der Waals surface area contributed by atoms with Gasteiger partial charge in [0.15, 0.2) is 0 Å². The quantitative estimate of drug-likeness (QED) is 0.812. The first kappa shape index (κ1) is 15.9. The molecule has 4 nitrogen and oxygen atoms in total. The summed E-state index contributed by atoms with van der Waals surface area (Å²) in [7, 11) is 3.41. The van der Waals surface area contributed by atoms with Gasteiger partial charge in [0.05, 0.1) is 11.8 Å². The Morgan fingerprint density at radius 1 is 1.12 bits per heavy atom. The average molecular weight is 242 g/mol. The van der Waals surface area contributed by atoms with Gasteiger partial charge in [-0.3, -0.25) is 9.59 Å². The van der Waals surface area contributed by atoms with Crippen molar-refractivity contribution in [3.8, 4) is 0 Å². The van der Waals surface area contributed by atoms with Crippen molar-refractivity contribution < 1.29 is 9.59 Å². The molecule has 0 aliphatic carbocycles. The summed E-state index contributed by atoms with van der Waals surface area (Å²) >= 11 is 0. The van der Waals surface area contributed by atoms with Crippen molar-refractivity contribution in [2.24, 2.45) is 28.9 Å². The summed E-state index contributed by atoms with van der Waals surface area (Å²) in [4.78, 5) is 25.4. The highest BCUT2D eigenvalue weighted by Crippen LogP contribution is 2.36. The zero-order valence-electron chi connectivity index (χ0n) is 12.1. The first-order valence-electron chi connectivity index (χ1n) is 6.00. The molecule has 1 unspecified atom stereocenters. The van der Waals surface area contributed by atoms with E-state index in [1.807, 2.05) is 34.6 Å². The molecule has 2 N–H and O–H groups in total. The third-order valence-corrected chi connectivity index (χ3v) is 3.04. The summed E-state index contributed by atoms with van der Waals surface area (Å²) in [5.41, 5.74) is 5.18. The molecule has 0 aliphatic heterocycles. The van der Waals surface area contributed by atoms with Crippen molar-refractivity contribution in [1.29, 1.82) is 0 Å². The van der Waals surface area contributed by atoms with Crippen molar-refractivity contribution in [2.75, 3.05) is 14.1 Å². The van der Waals surface area contributed by atoms with Crippen LogP contribution >= 0.6 is 0 Å². The van der Waals surface area contributed by atoms with Crippen LogP contribution in [0.1, 0.15) is 34.6 Å². The van der Waals surface area contributed by atoms with Gasteiger partial charge < -0.3 is 10.6 Å². The van der Waals surface area contributed by atoms with Crippen molar-refractivity contribution >= 4 is 11.8 Å². The van der Waals surface area contributed by atoms with E-state index in [1.165, 1.54) is 4.90 Å². The number of hydrogen-bond donors (Lipinski definition) is 1. The largest absolute Gasteiger partial charge is 0.369 e. The molecule has 0 spiro atoms. The van der Waals surface area contributed by atoms with Gasteiger partial charge in [0, 0.05) is 14.1 Å². The topological polar surface area (TPSA) is 63.4 Å². The second-order valence-electron chi connectivity index (χ2n) is 6.25. The Labute approximate surface area is 105 Å². The minimum absolute atomic E-state index is 0.0290. The molecule has 0 saturated heterocycles. The lowest BCUT2D eigenvalue weighted by Gasteiger charge is -2.37. The van der Waals surface area contributed by atoms with Crippen molar-refractivity contribution in [3.05, 3.63) is 0 Å². The van der Waals surface area contributed by atoms with Gasteiger partial charge in [-0.15, -0.1) is 0 Å². The van der Waals surface area contributed by atoms with Gasteiger partial charge in [-0.1, -0.05) is 34.6 Å². The highest BCUT2D eigenvalue weighted by molar-refractivity contribution is 5.87. The minimum Gasteiger partial charge on any atom is -0.369 e. The first-order chi connectivity index (χ1) is 7.50. The lowest BCUT2D eigenvalue weighted by molar-refractivity contribution is -0.144. The van der Waals surface area contributed by atoms with Crippen LogP contribution in [0, 0.1) is 23.2 Å². The predicted octanol–water partition coefficient (Wildman–Crippen LogP) is 1.49. The van der Waals surface area contributed by atoms with Gasteiger partial charge in [-0.25, -0.2) is 0 Å². The fourth-order valence-electron chi connectivity index (χ4n) is 2.25. The molecule has 0 aromatic carbocycles. The predicted molar refractivity (Wildman–Crippen MR) is 69.2 cm³/mol. The zero-order chi connectivity index (χ0) is 14.0. The van der Waals surface area contributed by atoms with Gasteiger partial charge in [-0.05, 0) is 11.3 Å². The highest BCUT2D eigenvalue weighted by atomic mass is 16.2. The summed E-state index contributed by atoms with van der Waals surface area (Å²) in [5.74, 6) is -1.15. The molecule has 0 bridgehead atoms. The second-order valence-corrected chi connectivity index (χ2v) is 6.25. The Morgan fingerprint density at radius 2 is 1.53 bits per heavy atom. The van der Waals surface area contributed by atoms with Crippen LogP contribution in [0.4, 0.5) is 0 Å². The van der Waals surface area contributed by atoms with E-state index in [4.69, 9.17) is 5.73 Å². The van der Waals surface area contributed by atoms with Crippen LogP contribution in [0.3, 0.4) is 0 Å². The second kappa shape index (κ2) is 5.52. The van der Waals surface area contributed by atoms with Crippen LogP contribution in [0.15, 0.2) is 0 Å². The normalized spacial score (nSPS) is 15.5. The van der Waals surface area contributed by atoms with Crippen molar-refractivity contribution in [1.82, 2.24) is 4.90 Å². The van der Waals surface area contributed by atoms with Gasteiger partial charge in [0.1, 0.15) is 0 Å². The Bertz CT molecular complexity index is 290. The third-order valence-electron chi connectivity index (χ3n) is 3.04. The number of primary amides is 1. The summed E-state index contributed by atoms with van der Waals surface area (Å²) < 4.78 is 0. The standard InChI is InChI=1S/C13H26N2O2/c1-8(2)9(12(17)15(6)7)10(11(14)16)13(3,4)5/h8-10H,1-7H3,(H2,14,16)/t9-,10?/m0/s1. The molecule has 0 saturated carbocycles. The van der Waals surface area contributed by atoms with E-state index in [-0.39, 0.29) is 23.2 Å². The highest BCUT2D eigenvalue weighted by Gasteiger charge is 2.42. The van der Waals surface area contributed by atoms with Crippen LogP contribution in [0.25, 0.3) is 0 Å². The molecule has 0 aliphatic rings. The molecule has 4 heteroatoms. The maximum atomic E-state index is 12.2. The van der Waals surface area contributed by atoms with E-state index in [1.54, 1.807) is 14.1 Å². The Hall–Kier alpha value is -1.06. The molecule has 0 aromatic heterocycles. The number of amides is 2. The van der Waals surface area contributed by atoms with E-state index >= 15 is 0 Å². The Kier molecular flexibility index (Phi) is 5.17. The molecule has 0 rings (SSSR count). The smallest absolute Gasteiger partial charge is 0.226 e. The van der Waals surface area contributed by atoms with Gasteiger partial charge in [-0.2, -0.15) is 0 Å². The van der Waals surface area contributed by atoms with E-state index in [0.717, 1.165) is 0 Å². The van der Waals surface area contributed by atoms with Crippen LogP contribution < -0.4 is 5.73 Å². The molecule has 2 atom stereocenters. The fourth-order valence-corrected chi connectivity index (χ4v) is 2.25. The molecule has 0 aromatic rings. The Morgan fingerprint density at radius 3 is 1.71 bits per heavy atom. The summed E-state index contributed by atoms with van der Waals surface area (Å²) in [5, 5.41) is 0. The average Bonchev–Trinajstić information content (AvgIpc) is 2.09. The van der Waals surface area contributed by atoms with Crippen LogP contribution in [0.5, 0.6) is 0 Å². The number of hydrogen-bond acceptors (Lipinski definition) is 2. The first-order valence-corrected chi connectivity index (χ1v) is 6.00. The molecule has 100 valence electrons. The number of nitrogens with two attached hydrogens (primary N) is 1. The van der Waals surface area contributed by atoms with Crippen LogP contribution in [-0.4, -0.2) is 30.8 Å². The molecule has 0 heterocycles. The summed E-state index contributed by atoms with van der Waals surface area (Å²) in [6.07, 6.45) is 0. The van der Waals surface area contributed by atoms with Gasteiger partial charge >= 0.3 is 0 Å². The number of carbonyl (C=O) groups is 2. The minimum atomic E-state index is -0.447. The third kappa shape index (κ3) is 4.02. The van der Waals surface area contributed by atoms with E-state index in [0.29, 0.717) is 0 Å². The van der Waals surface area contributed by atoms with E-state index < -0.39 is 11.8 Å². The van der Waals surface area contributed by atoms with Crippen LogP contribution in [-0.2, 0) is 9.59 Å².